The van der Waals surface area contributed by atoms with Crippen molar-refractivity contribution in [2.75, 3.05) is 19.6 Å². The molecule has 0 amide bonds. The zero-order valence-corrected chi connectivity index (χ0v) is 12.9. The van der Waals surface area contributed by atoms with Crippen molar-refractivity contribution in [2.45, 2.75) is 13.1 Å². The van der Waals surface area contributed by atoms with Crippen LogP contribution in [0.25, 0.3) is 0 Å². The normalized spacial score (nSPS) is 27.0. The van der Waals surface area contributed by atoms with E-state index < -0.39 is 0 Å². The molecule has 4 rings (SSSR count). The van der Waals surface area contributed by atoms with Gasteiger partial charge in [-0.25, -0.2) is 4.98 Å². The maximum absolute atomic E-state index is 4.46. The topological polar surface area (TPSA) is 28.2 Å². The molecule has 4 heteroatoms. The number of hydrogen-bond donors (Lipinski definition) is 1. The summed E-state index contributed by atoms with van der Waals surface area (Å²) < 4.78 is 0. The van der Waals surface area contributed by atoms with Gasteiger partial charge in [0.1, 0.15) is 5.01 Å². The van der Waals surface area contributed by atoms with E-state index in [-0.39, 0.29) is 0 Å². The number of hydrogen-bond acceptors (Lipinski definition) is 4. The van der Waals surface area contributed by atoms with Crippen LogP contribution in [0.3, 0.4) is 0 Å². The molecule has 1 aromatic heterocycles. The number of fused-ring (bicyclic) bond motifs is 1. The molecule has 3 atom stereocenters. The third kappa shape index (κ3) is 3.03. The molecule has 2 heterocycles. The molecular weight excluding hydrogens is 278 g/mol. The molecule has 21 heavy (non-hydrogen) atoms. The highest BCUT2D eigenvalue weighted by Gasteiger charge is 2.52. The molecule has 1 N–H and O–H groups in total. The minimum absolute atomic E-state index is 0.898. The van der Waals surface area contributed by atoms with Crippen molar-refractivity contribution in [2.24, 2.45) is 17.8 Å². The monoisotopic (exact) mass is 299 g/mol. The van der Waals surface area contributed by atoms with E-state index in [0.717, 1.165) is 30.8 Å². The first kappa shape index (κ1) is 13.4. The van der Waals surface area contributed by atoms with Crippen molar-refractivity contribution in [1.29, 1.82) is 0 Å². The van der Waals surface area contributed by atoms with Crippen LogP contribution in [0.5, 0.6) is 0 Å². The first-order chi connectivity index (χ1) is 10.4. The van der Waals surface area contributed by atoms with Gasteiger partial charge < -0.3 is 5.32 Å². The predicted molar refractivity (Wildman–Crippen MR) is 86.0 cm³/mol. The Bertz CT molecular complexity index is 559. The highest BCUT2D eigenvalue weighted by Crippen LogP contribution is 2.49. The number of aromatic nitrogens is 1. The molecule has 1 saturated carbocycles. The number of nitrogens with zero attached hydrogens (tertiary/aromatic N) is 2. The summed E-state index contributed by atoms with van der Waals surface area (Å²) in [6.45, 7) is 5.68. The van der Waals surface area contributed by atoms with E-state index in [1.807, 2.05) is 6.20 Å². The number of rotatable bonds is 6. The molecule has 2 aromatic rings. The van der Waals surface area contributed by atoms with Crippen molar-refractivity contribution in [3.8, 4) is 0 Å². The van der Waals surface area contributed by atoms with Crippen molar-refractivity contribution in [3.05, 3.63) is 52.5 Å². The molecule has 0 bridgehead atoms. The van der Waals surface area contributed by atoms with Crippen LogP contribution < -0.4 is 5.32 Å². The average Bonchev–Trinajstić information content (AvgIpc) is 2.96. The molecule has 1 aliphatic heterocycles. The van der Waals surface area contributed by atoms with Crippen LogP contribution in [0.2, 0.25) is 0 Å². The average molecular weight is 299 g/mol. The first-order valence-corrected chi connectivity index (χ1v) is 8.63. The van der Waals surface area contributed by atoms with Gasteiger partial charge in [0.05, 0.1) is 6.54 Å². The predicted octanol–water partition coefficient (Wildman–Crippen LogP) is 2.61. The molecule has 110 valence electrons. The van der Waals surface area contributed by atoms with Gasteiger partial charge in [-0.05, 0) is 36.4 Å². The van der Waals surface area contributed by atoms with Gasteiger partial charge in [0.15, 0.2) is 0 Å². The lowest BCUT2D eigenvalue weighted by Gasteiger charge is -2.22. The third-order valence-corrected chi connectivity index (χ3v) is 5.59. The maximum Gasteiger partial charge on any atom is 0.107 e. The van der Waals surface area contributed by atoms with Gasteiger partial charge in [-0.1, -0.05) is 30.3 Å². The minimum Gasteiger partial charge on any atom is -0.316 e. The van der Waals surface area contributed by atoms with Crippen molar-refractivity contribution < 1.29 is 0 Å². The fraction of sp³-hybridized carbons (Fsp3) is 0.471. The smallest absolute Gasteiger partial charge is 0.107 e. The van der Waals surface area contributed by atoms with Crippen LogP contribution in [0, 0.1) is 17.8 Å². The van der Waals surface area contributed by atoms with Crippen LogP contribution >= 0.6 is 11.3 Å². The molecule has 1 aromatic carbocycles. The Morgan fingerprint density at radius 1 is 1.14 bits per heavy atom. The van der Waals surface area contributed by atoms with E-state index in [4.69, 9.17) is 0 Å². The molecule has 0 radical (unpaired) electrons. The van der Waals surface area contributed by atoms with E-state index in [1.54, 1.807) is 11.3 Å². The zero-order chi connectivity index (χ0) is 14.1. The Hall–Kier alpha value is -1.23. The Morgan fingerprint density at radius 3 is 2.67 bits per heavy atom. The van der Waals surface area contributed by atoms with Crippen molar-refractivity contribution in [3.63, 3.8) is 0 Å². The fourth-order valence-corrected chi connectivity index (χ4v) is 4.32. The summed E-state index contributed by atoms with van der Waals surface area (Å²) in [4.78, 5) is 7.04. The van der Waals surface area contributed by atoms with E-state index in [0.29, 0.717) is 0 Å². The second-order valence-corrected chi connectivity index (χ2v) is 7.21. The van der Waals surface area contributed by atoms with Crippen molar-refractivity contribution in [1.82, 2.24) is 15.2 Å². The van der Waals surface area contributed by atoms with Crippen LogP contribution in [0.15, 0.2) is 41.9 Å². The van der Waals surface area contributed by atoms with Gasteiger partial charge in [0.25, 0.3) is 0 Å². The number of piperidine rings is 1. The van der Waals surface area contributed by atoms with Gasteiger partial charge >= 0.3 is 0 Å². The first-order valence-electron chi connectivity index (χ1n) is 7.75. The number of nitrogens with one attached hydrogen (secondary N) is 1. The lowest BCUT2D eigenvalue weighted by Crippen LogP contribution is -2.28. The largest absolute Gasteiger partial charge is 0.316 e. The SMILES string of the molecule is c1ccc(CN(Cc2nccs2)CC2[C@H]3CNC[C@@H]23)cc1. The Morgan fingerprint density at radius 2 is 1.95 bits per heavy atom. The summed E-state index contributed by atoms with van der Waals surface area (Å²) in [6.07, 6.45) is 1.91. The Balaban J connectivity index is 1.43. The number of thiazole rings is 1. The standard InChI is InChI=1S/C17H21N3S/c1-2-4-13(5-3-1)10-20(12-17-19-6-7-21-17)11-16-14-8-18-9-15(14)16/h1-7,14-16,18H,8-12H2/t14-,15+,16?. The minimum atomic E-state index is 0.898. The summed E-state index contributed by atoms with van der Waals surface area (Å²) in [5, 5.41) is 6.80. The molecule has 0 spiro atoms. The fourth-order valence-electron chi connectivity index (χ4n) is 3.66. The summed E-state index contributed by atoms with van der Waals surface area (Å²) in [7, 11) is 0. The van der Waals surface area contributed by atoms with Crippen LogP contribution in [-0.2, 0) is 13.1 Å². The summed E-state index contributed by atoms with van der Waals surface area (Å²) in [5.74, 6) is 2.76. The van der Waals surface area contributed by atoms with Gasteiger partial charge in [-0.3, -0.25) is 4.90 Å². The Labute approximate surface area is 130 Å². The molecule has 3 nitrogen and oxygen atoms in total. The van der Waals surface area contributed by atoms with Gasteiger partial charge in [-0.2, -0.15) is 0 Å². The van der Waals surface area contributed by atoms with Gasteiger partial charge in [0.2, 0.25) is 0 Å². The zero-order valence-electron chi connectivity index (χ0n) is 12.1. The van der Waals surface area contributed by atoms with Crippen LogP contribution in [0.1, 0.15) is 10.6 Å². The molecule has 2 aliphatic rings. The summed E-state index contributed by atoms with van der Waals surface area (Å²) in [6, 6.07) is 10.8. The van der Waals surface area contributed by atoms with E-state index in [2.05, 4.69) is 50.9 Å². The lowest BCUT2D eigenvalue weighted by atomic mass is 10.2. The molecule has 1 unspecified atom stereocenters. The second kappa shape index (κ2) is 5.87. The van der Waals surface area contributed by atoms with E-state index >= 15 is 0 Å². The van der Waals surface area contributed by atoms with Crippen molar-refractivity contribution >= 4 is 11.3 Å². The van der Waals surface area contributed by atoms with E-state index in [1.165, 1.54) is 30.2 Å². The van der Waals surface area contributed by atoms with Crippen LogP contribution in [-0.4, -0.2) is 29.5 Å². The highest BCUT2D eigenvalue weighted by atomic mass is 32.1. The lowest BCUT2D eigenvalue weighted by molar-refractivity contribution is 0.234. The number of benzene rings is 1. The van der Waals surface area contributed by atoms with Gasteiger partial charge in [-0.15, -0.1) is 11.3 Å². The van der Waals surface area contributed by atoms with Gasteiger partial charge in [0, 0.05) is 24.7 Å². The molecule has 1 aliphatic carbocycles. The Kier molecular flexibility index (Phi) is 3.76. The quantitative estimate of drug-likeness (QED) is 0.889. The highest BCUT2D eigenvalue weighted by molar-refractivity contribution is 7.09. The van der Waals surface area contributed by atoms with Crippen LogP contribution in [0.4, 0.5) is 0 Å². The molecular formula is C17H21N3S. The second-order valence-electron chi connectivity index (χ2n) is 6.23. The van der Waals surface area contributed by atoms with E-state index in [9.17, 15) is 0 Å². The molecule has 2 fully saturated rings. The third-order valence-electron chi connectivity index (χ3n) is 4.83. The summed E-state index contributed by atoms with van der Waals surface area (Å²) >= 11 is 1.77. The maximum atomic E-state index is 4.46. The molecule has 1 saturated heterocycles. The summed E-state index contributed by atoms with van der Waals surface area (Å²) in [5.41, 5.74) is 1.40.